The molecular weight excluding hydrogens is 403 g/mol. The lowest BCUT2D eigenvalue weighted by Gasteiger charge is -2.09. The Morgan fingerprint density at radius 3 is 2.44 bits per heavy atom. The van der Waals surface area contributed by atoms with Gasteiger partial charge in [0, 0.05) is 14.8 Å². The first-order chi connectivity index (χ1) is 8.60. The summed E-state index contributed by atoms with van der Waals surface area (Å²) in [5.41, 5.74) is 1.02. The van der Waals surface area contributed by atoms with Crippen LogP contribution in [0.2, 0.25) is 5.02 Å². The summed E-state index contributed by atoms with van der Waals surface area (Å²) in [6.45, 7) is 0. The van der Waals surface area contributed by atoms with Crippen molar-refractivity contribution < 1.29 is 4.74 Å². The summed E-state index contributed by atoms with van der Waals surface area (Å²) in [6, 6.07) is 11.1. The Morgan fingerprint density at radius 1 is 1.06 bits per heavy atom. The molecule has 0 radical (unpaired) electrons. The minimum Gasteiger partial charge on any atom is -0.456 e. The van der Waals surface area contributed by atoms with Gasteiger partial charge >= 0.3 is 0 Å². The third-order valence-electron chi connectivity index (χ3n) is 2.29. The SMILES string of the molecule is ClCc1ccc(Oc2ccc(Br)cc2Cl)cc1Br. The molecular formula is C13H8Br2Cl2O. The van der Waals surface area contributed by atoms with Gasteiger partial charge in [-0.1, -0.05) is 49.5 Å². The standard InChI is InChI=1S/C13H8Br2Cl2O/c14-9-2-4-13(12(17)5-9)18-10-3-1-8(7-16)11(15)6-10/h1-6H,7H2. The average Bonchev–Trinajstić information content (AvgIpc) is 2.33. The van der Waals surface area contributed by atoms with Gasteiger partial charge in [-0.05, 0) is 35.9 Å². The van der Waals surface area contributed by atoms with Crippen LogP contribution in [0.3, 0.4) is 0 Å². The predicted molar refractivity (Wildman–Crippen MR) is 82.9 cm³/mol. The van der Waals surface area contributed by atoms with Crippen molar-refractivity contribution in [3.8, 4) is 11.5 Å². The molecule has 0 saturated carbocycles. The molecule has 0 atom stereocenters. The topological polar surface area (TPSA) is 9.23 Å². The molecule has 2 rings (SSSR count). The maximum absolute atomic E-state index is 6.09. The number of rotatable bonds is 3. The smallest absolute Gasteiger partial charge is 0.146 e. The zero-order chi connectivity index (χ0) is 13.1. The highest BCUT2D eigenvalue weighted by Crippen LogP contribution is 2.33. The molecule has 0 unspecified atom stereocenters. The number of hydrogen-bond donors (Lipinski definition) is 0. The quantitative estimate of drug-likeness (QED) is 0.532. The second kappa shape index (κ2) is 6.29. The molecule has 0 N–H and O–H groups in total. The van der Waals surface area contributed by atoms with Gasteiger partial charge in [-0.2, -0.15) is 0 Å². The van der Waals surface area contributed by atoms with E-state index in [1.54, 1.807) is 6.07 Å². The molecule has 0 spiro atoms. The highest BCUT2D eigenvalue weighted by molar-refractivity contribution is 9.10. The van der Waals surface area contributed by atoms with Crippen molar-refractivity contribution in [3.63, 3.8) is 0 Å². The first-order valence-corrected chi connectivity index (χ1v) is 7.57. The lowest BCUT2D eigenvalue weighted by atomic mass is 10.2. The molecule has 0 aromatic heterocycles. The van der Waals surface area contributed by atoms with Gasteiger partial charge in [0.2, 0.25) is 0 Å². The van der Waals surface area contributed by atoms with Crippen LogP contribution in [0.1, 0.15) is 5.56 Å². The number of alkyl halides is 1. The Bertz CT molecular complexity index is 573. The van der Waals surface area contributed by atoms with Crippen LogP contribution in [0.5, 0.6) is 11.5 Å². The summed E-state index contributed by atoms with van der Waals surface area (Å²) in [4.78, 5) is 0. The Morgan fingerprint density at radius 2 is 1.83 bits per heavy atom. The first-order valence-electron chi connectivity index (χ1n) is 5.07. The minimum atomic E-state index is 0.458. The summed E-state index contributed by atoms with van der Waals surface area (Å²) < 4.78 is 7.55. The summed E-state index contributed by atoms with van der Waals surface area (Å²) in [5.74, 6) is 1.78. The number of hydrogen-bond acceptors (Lipinski definition) is 1. The molecule has 2 aromatic rings. The summed E-state index contributed by atoms with van der Waals surface area (Å²) in [6.07, 6.45) is 0. The highest BCUT2D eigenvalue weighted by Gasteiger charge is 2.06. The van der Waals surface area contributed by atoms with E-state index in [2.05, 4.69) is 31.9 Å². The van der Waals surface area contributed by atoms with Crippen LogP contribution in [0, 0.1) is 0 Å². The molecule has 1 nitrogen and oxygen atoms in total. The summed E-state index contributed by atoms with van der Waals surface area (Å²) in [5, 5.41) is 0.557. The fraction of sp³-hybridized carbons (Fsp3) is 0.0769. The van der Waals surface area contributed by atoms with Crippen molar-refractivity contribution in [2.45, 2.75) is 5.88 Å². The molecule has 5 heteroatoms. The zero-order valence-electron chi connectivity index (χ0n) is 9.09. The van der Waals surface area contributed by atoms with E-state index < -0.39 is 0 Å². The van der Waals surface area contributed by atoms with Gasteiger partial charge in [0.05, 0.1) is 5.02 Å². The largest absolute Gasteiger partial charge is 0.456 e. The van der Waals surface area contributed by atoms with Crippen LogP contribution in [0.15, 0.2) is 45.3 Å². The van der Waals surface area contributed by atoms with E-state index in [4.69, 9.17) is 27.9 Å². The van der Waals surface area contributed by atoms with Gasteiger partial charge < -0.3 is 4.74 Å². The van der Waals surface area contributed by atoms with Gasteiger partial charge in [-0.3, -0.25) is 0 Å². The Hall–Kier alpha value is -0.220. The average molecular weight is 411 g/mol. The van der Waals surface area contributed by atoms with Gasteiger partial charge in [-0.25, -0.2) is 0 Å². The molecule has 94 valence electrons. The maximum Gasteiger partial charge on any atom is 0.146 e. The Labute approximate surface area is 132 Å². The zero-order valence-corrected chi connectivity index (χ0v) is 13.8. The Kier molecular flexibility index (Phi) is 4.96. The van der Waals surface area contributed by atoms with Crippen molar-refractivity contribution in [2.75, 3.05) is 0 Å². The van der Waals surface area contributed by atoms with Crippen molar-refractivity contribution >= 4 is 55.1 Å². The van der Waals surface area contributed by atoms with E-state index in [0.717, 1.165) is 14.5 Å². The third kappa shape index (κ3) is 3.41. The van der Waals surface area contributed by atoms with Crippen LogP contribution >= 0.6 is 55.1 Å². The number of benzene rings is 2. The van der Waals surface area contributed by atoms with Crippen molar-refractivity contribution in [1.29, 1.82) is 0 Å². The van der Waals surface area contributed by atoms with Gasteiger partial charge in [-0.15, -0.1) is 11.6 Å². The molecule has 0 heterocycles. The summed E-state index contributed by atoms with van der Waals surface area (Å²) >= 11 is 18.7. The highest BCUT2D eigenvalue weighted by atomic mass is 79.9. The summed E-state index contributed by atoms with van der Waals surface area (Å²) in [7, 11) is 0. The van der Waals surface area contributed by atoms with E-state index >= 15 is 0 Å². The molecule has 0 aliphatic rings. The monoisotopic (exact) mass is 408 g/mol. The second-order valence-corrected chi connectivity index (χ2v) is 6.01. The molecule has 0 aliphatic heterocycles. The molecule has 0 fully saturated rings. The van der Waals surface area contributed by atoms with Crippen LogP contribution in [-0.2, 0) is 5.88 Å². The number of ether oxygens (including phenoxy) is 1. The van der Waals surface area contributed by atoms with Crippen LogP contribution in [0.25, 0.3) is 0 Å². The molecule has 0 amide bonds. The van der Waals surface area contributed by atoms with E-state index in [0.29, 0.717) is 22.4 Å². The van der Waals surface area contributed by atoms with Crippen molar-refractivity contribution in [3.05, 3.63) is 55.9 Å². The van der Waals surface area contributed by atoms with E-state index in [9.17, 15) is 0 Å². The first kappa shape index (κ1) is 14.2. The fourth-order valence-electron chi connectivity index (χ4n) is 1.38. The predicted octanol–water partition coefficient (Wildman–Crippen LogP) is 6.40. The van der Waals surface area contributed by atoms with Crippen LogP contribution in [-0.4, -0.2) is 0 Å². The second-order valence-electron chi connectivity index (χ2n) is 3.56. The van der Waals surface area contributed by atoms with Crippen LogP contribution in [0.4, 0.5) is 0 Å². The third-order valence-corrected chi connectivity index (χ3v) is 4.10. The van der Waals surface area contributed by atoms with Gasteiger partial charge in [0.15, 0.2) is 0 Å². The fourth-order valence-corrected chi connectivity index (χ4v) is 2.99. The van der Waals surface area contributed by atoms with Gasteiger partial charge in [0.1, 0.15) is 11.5 Å². The van der Waals surface area contributed by atoms with Gasteiger partial charge in [0.25, 0.3) is 0 Å². The lowest BCUT2D eigenvalue weighted by Crippen LogP contribution is -1.87. The minimum absolute atomic E-state index is 0.458. The number of halogens is 4. The van der Waals surface area contributed by atoms with E-state index in [-0.39, 0.29) is 0 Å². The molecule has 2 aromatic carbocycles. The Balaban J connectivity index is 2.26. The molecule has 0 bridgehead atoms. The molecule has 18 heavy (non-hydrogen) atoms. The van der Waals surface area contributed by atoms with Crippen LogP contribution < -0.4 is 4.74 Å². The van der Waals surface area contributed by atoms with E-state index in [1.165, 1.54) is 0 Å². The van der Waals surface area contributed by atoms with Crippen molar-refractivity contribution in [1.82, 2.24) is 0 Å². The molecule has 0 aliphatic carbocycles. The maximum atomic E-state index is 6.09. The molecule has 0 saturated heterocycles. The lowest BCUT2D eigenvalue weighted by molar-refractivity contribution is 0.482. The van der Waals surface area contributed by atoms with Crippen molar-refractivity contribution in [2.24, 2.45) is 0 Å². The van der Waals surface area contributed by atoms with E-state index in [1.807, 2.05) is 30.3 Å². The normalized spacial score (nSPS) is 10.4.